The van der Waals surface area contributed by atoms with Crippen molar-refractivity contribution in [3.8, 4) is 5.69 Å². The molecule has 0 aliphatic heterocycles. The molecule has 0 aliphatic carbocycles. The maximum Gasteiger partial charge on any atom is 0.107 e. The molecule has 1 heterocycles. The van der Waals surface area contributed by atoms with Gasteiger partial charge in [0.2, 0.25) is 0 Å². The van der Waals surface area contributed by atoms with Gasteiger partial charge < -0.3 is 0 Å². The number of thioether (sulfide) groups is 1. The second-order valence-electron chi connectivity index (χ2n) is 4.38. The van der Waals surface area contributed by atoms with E-state index in [1.54, 1.807) is 4.68 Å². The van der Waals surface area contributed by atoms with E-state index in [0.717, 1.165) is 11.4 Å². The minimum atomic E-state index is 0.908. The number of aromatic nitrogens is 3. The van der Waals surface area contributed by atoms with E-state index >= 15 is 0 Å². The largest absolute Gasteiger partial charge is 0.220 e. The second kappa shape index (κ2) is 7.14. The minimum absolute atomic E-state index is 0.908. The molecule has 0 spiro atoms. The first-order chi connectivity index (χ1) is 9.29. The van der Waals surface area contributed by atoms with Crippen molar-refractivity contribution in [2.45, 2.75) is 26.7 Å². The Morgan fingerprint density at radius 1 is 1.32 bits per heavy atom. The lowest BCUT2D eigenvalue weighted by atomic mass is 10.3. The van der Waals surface area contributed by atoms with Crippen LogP contribution in [0, 0.1) is 0 Å². The number of nitrogens with zero attached hydrogens (tertiary/aromatic N) is 3. The lowest BCUT2D eigenvalue weighted by Gasteiger charge is -1.98. The van der Waals surface area contributed by atoms with E-state index in [1.165, 1.54) is 23.5 Å². The quantitative estimate of drug-likeness (QED) is 0.740. The normalized spacial score (nSPS) is 11.8. The van der Waals surface area contributed by atoms with E-state index in [1.807, 2.05) is 48.3 Å². The molecule has 1 aromatic carbocycles. The molecule has 0 N–H and O–H groups in total. The van der Waals surface area contributed by atoms with Crippen molar-refractivity contribution < 1.29 is 0 Å². The Hall–Kier alpha value is -1.55. The number of hydrogen-bond donors (Lipinski definition) is 0. The van der Waals surface area contributed by atoms with Crippen LogP contribution in [0.4, 0.5) is 0 Å². The van der Waals surface area contributed by atoms with Gasteiger partial charge in [-0.15, -0.1) is 16.9 Å². The van der Waals surface area contributed by atoms with Crippen molar-refractivity contribution in [3.63, 3.8) is 0 Å². The van der Waals surface area contributed by atoms with Crippen LogP contribution in [0.1, 0.15) is 32.4 Å². The summed E-state index contributed by atoms with van der Waals surface area (Å²) < 4.78 is 1.80. The van der Waals surface area contributed by atoms with Crippen molar-refractivity contribution in [2.24, 2.45) is 0 Å². The summed E-state index contributed by atoms with van der Waals surface area (Å²) in [6.07, 6.45) is 6.54. The SMILES string of the molecule is CCCCS/C(C)=C/c1cn(-c2ccccc2)nn1. The van der Waals surface area contributed by atoms with Crippen LogP contribution in [0.15, 0.2) is 41.4 Å². The zero-order valence-electron chi connectivity index (χ0n) is 11.4. The summed E-state index contributed by atoms with van der Waals surface area (Å²) in [7, 11) is 0. The summed E-state index contributed by atoms with van der Waals surface area (Å²) in [4.78, 5) is 1.29. The minimum Gasteiger partial charge on any atom is -0.220 e. The Bertz CT molecular complexity index is 531. The maximum atomic E-state index is 4.18. The average molecular weight is 273 g/mol. The van der Waals surface area contributed by atoms with Gasteiger partial charge in [0.1, 0.15) is 5.69 Å². The lowest BCUT2D eigenvalue weighted by Crippen LogP contribution is -1.93. The molecule has 4 heteroatoms. The van der Waals surface area contributed by atoms with E-state index in [9.17, 15) is 0 Å². The predicted molar refractivity (Wildman–Crippen MR) is 82.4 cm³/mol. The van der Waals surface area contributed by atoms with Crippen molar-refractivity contribution in [1.29, 1.82) is 0 Å². The monoisotopic (exact) mass is 273 g/mol. The van der Waals surface area contributed by atoms with Gasteiger partial charge >= 0.3 is 0 Å². The van der Waals surface area contributed by atoms with Gasteiger partial charge in [0.25, 0.3) is 0 Å². The molecular formula is C15H19N3S. The fourth-order valence-electron chi connectivity index (χ4n) is 1.68. The molecule has 0 fully saturated rings. The van der Waals surface area contributed by atoms with Crippen LogP contribution in [0.25, 0.3) is 11.8 Å². The van der Waals surface area contributed by atoms with Crippen LogP contribution < -0.4 is 0 Å². The first kappa shape index (κ1) is 13.9. The highest BCUT2D eigenvalue weighted by Gasteiger charge is 2.00. The van der Waals surface area contributed by atoms with Gasteiger partial charge in [-0.05, 0) is 42.2 Å². The van der Waals surface area contributed by atoms with Crippen LogP contribution in [0.2, 0.25) is 0 Å². The van der Waals surface area contributed by atoms with Crippen LogP contribution in [-0.2, 0) is 0 Å². The summed E-state index contributed by atoms with van der Waals surface area (Å²) in [6, 6.07) is 10.0. The van der Waals surface area contributed by atoms with Crippen molar-refractivity contribution in [1.82, 2.24) is 15.0 Å². The van der Waals surface area contributed by atoms with E-state index in [0.29, 0.717) is 0 Å². The molecule has 0 saturated carbocycles. The zero-order valence-corrected chi connectivity index (χ0v) is 12.2. The Balaban J connectivity index is 2.03. The van der Waals surface area contributed by atoms with Gasteiger partial charge in [0, 0.05) is 0 Å². The molecule has 19 heavy (non-hydrogen) atoms. The summed E-state index contributed by atoms with van der Waals surface area (Å²) in [6.45, 7) is 4.34. The number of rotatable bonds is 6. The highest BCUT2D eigenvalue weighted by Crippen LogP contribution is 2.19. The third-order valence-electron chi connectivity index (χ3n) is 2.71. The highest BCUT2D eigenvalue weighted by atomic mass is 32.2. The van der Waals surface area contributed by atoms with Crippen molar-refractivity contribution >= 4 is 17.8 Å². The van der Waals surface area contributed by atoms with E-state index in [-0.39, 0.29) is 0 Å². The van der Waals surface area contributed by atoms with Gasteiger partial charge in [0.15, 0.2) is 0 Å². The smallest absolute Gasteiger partial charge is 0.107 e. The van der Waals surface area contributed by atoms with Gasteiger partial charge in [-0.1, -0.05) is 36.8 Å². The summed E-state index contributed by atoms with van der Waals surface area (Å²) >= 11 is 1.88. The Morgan fingerprint density at radius 3 is 2.84 bits per heavy atom. The number of benzene rings is 1. The average Bonchev–Trinajstić information content (AvgIpc) is 2.88. The summed E-state index contributed by atoms with van der Waals surface area (Å²) in [5.74, 6) is 1.17. The summed E-state index contributed by atoms with van der Waals surface area (Å²) in [5, 5.41) is 8.33. The molecule has 0 radical (unpaired) electrons. The lowest BCUT2D eigenvalue weighted by molar-refractivity contribution is 0.802. The number of unbranched alkanes of at least 4 members (excludes halogenated alkanes) is 1. The van der Waals surface area contributed by atoms with Crippen LogP contribution >= 0.6 is 11.8 Å². The first-order valence-corrected chi connectivity index (χ1v) is 7.57. The Labute approximate surface area is 118 Å². The fraction of sp³-hybridized carbons (Fsp3) is 0.333. The number of hydrogen-bond acceptors (Lipinski definition) is 3. The van der Waals surface area contributed by atoms with Crippen LogP contribution in [0.3, 0.4) is 0 Å². The molecular weight excluding hydrogens is 254 g/mol. The fourth-order valence-corrected chi connectivity index (χ4v) is 2.64. The first-order valence-electron chi connectivity index (χ1n) is 6.58. The predicted octanol–water partition coefficient (Wildman–Crippen LogP) is 4.16. The third kappa shape index (κ3) is 4.24. The molecule has 100 valence electrons. The zero-order chi connectivity index (χ0) is 13.5. The molecule has 0 saturated heterocycles. The number of allylic oxidation sites excluding steroid dienone is 1. The molecule has 0 bridgehead atoms. The van der Waals surface area contributed by atoms with Crippen molar-refractivity contribution in [3.05, 3.63) is 47.1 Å². The highest BCUT2D eigenvalue weighted by molar-refractivity contribution is 8.03. The van der Waals surface area contributed by atoms with Crippen LogP contribution in [-0.4, -0.2) is 20.7 Å². The topological polar surface area (TPSA) is 30.7 Å². The van der Waals surface area contributed by atoms with E-state index in [4.69, 9.17) is 0 Å². The third-order valence-corrected chi connectivity index (χ3v) is 3.78. The van der Waals surface area contributed by atoms with Gasteiger partial charge in [-0.25, -0.2) is 4.68 Å². The van der Waals surface area contributed by atoms with E-state index in [2.05, 4.69) is 30.2 Å². The molecule has 0 amide bonds. The standard InChI is InChI=1S/C15H19N3S/c1-3-4-10-19-13(2)11-14-12-18(17-16-14)15-8-6-5-7-9-15/h5-9,11-12H,3-4,10H2,1-2H3/b13-11+. The van der Waals surface area contributed by atoms with Crippen molar-refractivity contribution in [2.75, 3.05) is 5.75 Å². The molecule has 2 rings (SSSR count). The molecule has 0 aliphatic rings. The molecule has 0 unspecified atom stereocenters. The molecule has 2 aromatic rings. The van der Waals surface area contributed by atoms with Gasteiger partial charge in [-0.3, -0.25) is 0 Å². The van der Waals surface area contributed by atoms with E-state index < -0.39 is 0 Å². The molecule has 3 nitrogen and oxygen atoms in total. The Morgan fingerprint density at radius 2 is 2.11 bits per heavy atom. The second-order valence-corrected chi connectivity index (χ2v) is 5.72. The van der Waals surface area contributed by atoms with Gasteiger partial charge in [-0.2, -0.15) is 0 Å². The maximum absolute atomic E-state index is 4.18. The van der Waals surface area contributed by atoms with Crippen LogP contribution in [0.5, 0.6) is 0 Å². The molecule has 1 aromatic heterocycles. The molecule has 0 atom stereocenters. The van der Waals surface area contributed by atoms with Gasteiger partial charge in [0.05, 0.1) is 11.9 Å². The summed E-state index contributed by atoms with van der Waals surface area (Å²) in [5.41, 5.74) is 1.94. The number of para-hydroxylation sites is 1. The Kier molecular flexibility index (Phi) is 5.21.